The second-order valence-corrected chi connectivity index (χ2v) is 6.34. The van der Waals surface area contributed by atoms with E-state index in [4.69, 9.17) is 0 Å². The molecule has 0 atom stereocenters. The lowest BCUT2D eigenvalue weighted by Crippen LogP contribution is -2.38. The average Bonchev–Trinajstić information content (AvgIpc) is 2.44. The Morgan fingerprint density at radius 2 is 1.95 bits per heavy atom. The number of phenols is 1. The highest BCUT2D eigenvalue weighted by Crippen LogP contribution is 2.25. The van der Waals surface area contributed by atoms with Crippen molar-refractivity contribution in [2.24, 2.45) is 0 Å². The third-order valence-corrected chi connectivity index (χ3v) is 4.21. The summed E-state index contributed by atoms with van der Waals surface area (Å²) in [7, 11) is 0. The lowest BCUT2D eigenvalue weighted by Gasteiger charge is -2.35. The molecule has 1 aliphatic carbocycles. The highest BCUT2D eigenvalue weighted by atomic mass is 16.3. The molecule has 0 spiro atoms. The van der Waals surface area contributed by atoms with Crippen LogP contribution in [0.2, 0.25) is 0 Å². The summed E-state index contributed by atoms with van der Waals surface area (Å²) in [6.07, 6.45) is 6.04. The monoisotopic (exact) mass is 289 g/mol. The van der Waals surface area contributed by atoms with E-state index in [9.17, 15) is 10.2 Å². The molecule has 2 rings (SSSR count). The predicted molar refractivity (Wildman–Crippen MR) is 86.2 cm³/mol. The van der Waals surface area contributed by atoms with E-state index in [0.717, 1.165) is 44.3 Å². The second kappa shape index (κ2) is 7.62. The molecule has 0 bridgehead atoms. The van der Waals surface area contributed by atoms with E-state index in [1.165, 1.54) is 5.57 Å². The summed E-state index contributed by atoms with van der Waals surface area (Å²) in [5.74, 6) is 0.328. The fraction of sp³-hybridized carbons (Fsp3) is 0.556. The quantitative estimate of drug-likeness (QED) is 0.816. The highest BCUT2D eigenvalue weighted by molar-refractivity contribution is 5.27. The molecule has 1 fully saturated rings. The molecule has 0 aliphatic heterocycles. The van der Waals surface area contributed by atoms with Crippen molar-refractivity contribution in [2.45, 2.75) is 58.2 Å². The molecule has 0 unspecified atom stereocenters. The molecule has 21 heavy (non-hydrogen) atoms. The molecule has 3 heteroatoms. The van der Waals surface area contributed by atoms with Crippen molar-refractivity contribution in [1.29, 1.82) is 0 Å². The molecular weight excluding hydrogens is 262 g/mol. The van der Waals surface area contributed by atoms with Gasteiger partial charge in [-0.15, -0.1) is 0 Å². The number of nitrogens with zero attached hydrogens (tertiary/aromatic N) is 1. The first-order valence-electron chi connectivity index (χ1n) is 7.88. The highest BCUT2D eigenvalue weighted by Gasteiger charge is 2.24. The molecule has 0 radical (unpaired) electrons. The number of hydrogen-bond donors (Lipinski definition) is 2. The average molecular weight is 289 g/mol. The van der Waals surface area contributed by atoms with Gasteiger partial charge in [0.2, 0.25) is 0 Å². The maximum Gasteiger partial charge on any atom is 0.115 e. The fourth-order valence-electron chi connectivity index (χ4n) is 2.96. The van der Waals surface area contributed by atoms with Gasteiger partial charge in [-0.2, -0.15) is 0 Å². The van der Waals surface area contributed by atoms with Crippen LogP contribution in [0.3, 0.4) is 0 Å². The Kier molecular flexibility index (Phi) is 5.83. The van der Waals surface area contributed by atoms with Gasteiger partial charge >= 0.3 is 0 Å². The lowest BCUT2D eigenvalue weighted by atomic mass is 9.91. The van der Waals surface area contributed by atoms with Crippen molar-refractivity contribution in [2.75, 3.05) is 6.54 Å². The zero-order chi connectivity index (χ0) is 15.2. The first-order valence-corrected chi connectivity index (χ1v) is 7.88. The van der Waals surface area contributed by atoms with E-state index in [1.54, 1.807) is 6.07 Å². The van der Waals surface area contributed by atoms with Crippen LogP contribution < -0.4 is 0 Å². The van der Waals surface area contributed by atoms with Crippen molar-refractivity contribution in [1.82, 2.24) is 4.90 Å². The molecule has 1 aromatic carbocycles. The number of aliphatic hydroxyl groups is 1. The van der Waals surface area contributed by atoms with Crippen molar-refractivity contribution in [3.05, 3.63) is 41.5 Å². The van der Waals surface area contributed by atoms with Gasteiger partial charge < -0.3 is 10.2 Å². The molecule has 0 heterocycles. The van der Waals surface area contributed by atoms with Gasteiger partial charge in [-0.05, 0) is 57.2 Å². The Balaban J connectivity index is 2.06. The summed E-state index contributed by atoms with van der Waals surface area (Å²) >= 11 is 0. The molecular formula is C18H27NO2. The summed E-state index contributed by atoms with van der Waals surface area (Å²) in [6.45, 7) is 6.02. The van der Waals surface area contributed by atoms with E-state index in [0.29, 0.717) is 11.8 Å². The van der Waals surface area contributed by atoms with Gasteiger partial charge in [-0.1, -0.05) is 23.8 Å². The van der Waals surface area contributed by atoms with Crippen molar-refractivity contribution < 1.29 is 10.2 Å². The predicted octanol–water partition coefficient (Wildman–Crippen LogP) is 3.46. The van der Waals surface area contributed by atoms with Crippen molar-refractivity contribution in [3.8, 4) is 5.75 Å². The number of rotatable bonds is 5. The Labute approximate surface area is 127 Å². The van der Waals surface area contributed by atoms with Crippen LogP contribution in [-0.2, 0) is 6.54 Å². The summed E-state index contributed by atoms with van der Waals surface area (Å²) < 4.78 is 0. The minimum atomic E-state index is -0.118. The topological polar surface area (TPSA) is 43.7 Å². The largest absolute Gasteiger partial charge is 0.508 e. The van der Waals surface area contributed by atoms with Gasteiger partial charge in [0, 0.05) is 19.1 Å². The third-order valence-electron chi connectivity index (χ3n) is 4.21. The SMILES string of the molecule is CC(C)=CCN(Cc1cccc(O)c1)C1CCC(O)CC1. The Morgan fingerprint density at radius 1 is 1.24 bits per heavy atom. The maximum atomic E-state index is 9.69. The summed E-state index contributed by atoms with van der Waals surface area (Å²) in [4.78, 5) is 2.47. The van der Waals surface area contributed by atoms with Gasteiger partial charge in [-0.25, -0.2) is 0 Å². The fourth-order valence-corrected chi connectivity index (χ4v) is 2.96. The smallest absolute Gasteiger partial charge is 0.115 e. The molecule has 0 saturated heterocycles. The Bertz CT molecular complexity index is 472. The zero-order valence-corrected chi connectivity index (χ0v) is 13.1. The third kappa shape index (κ3) is 5.18. The first kappa shape index (κ1) is 16.1. The lowest BCUT2D eigenvalue weighted by molar-refractivity contribution is 0.0755. The van der Waals surface area contributed by atoms with Crippen LogP contribution in [0.25, 0.3) is 0 Å². The minimum Gasteiger partial charge on any atom is -0.508 e. The van der Waals surface area contributed by atoms with Gasteiger partial charge in [0.25, 0.3) is 0 Å². The summed E-state index contributed by atoms with van der Waals surface area (Å²) in [5.41, 5.74) is 2.47. The number of aromatic hydroxyl groups is 1. The summed E-state index contributed by atoms with van der Waals surface area (Å²) in [5, 5.41) is 19.3. The van der Waals surface area contributed by atoms with Crippen LogP contribution in [0.15, 0.2) is 35.9 Å². The van der Waals surface area contributed by atoms with Gasteiger partial charge in [-0.3, -0.25) is 4.90 Å². The summed E-state index contributed by atoms with van der Waals surface area (Å²) in [6, 6.07) is 8.03. The van der Waals surface area contributed by atoms with Gasteiger partial charge in [0.05, 0.1) is 6.10 Å². The molecule has 0 aromatic heterocycles. The van der Waals surface area contributed by atoms with E-state index in [1.807, 2.05) is 12.1 Å². The van der Waals surface area contributed by atoms with Gasteiger partial charge in [0.1, 0.15) is 5.75 Å². The first-order chi connectivity index (χ1) is 10.0. The second-order valence-electron chi connectivity index (χ2n) is 6.34. The molecule has 3 nitrogen and oxygen atoms in total. The van der Waals surface area contributed by atoms with E-state index < -0.39 is 0 Å². The number of aliphatic hydroxyl groups excluding tert-OH is 1. The molecule has 2 N–H and O–H groups in total. The molecule has 0 amide bonds. The number of benzene rings is 1. The molecule has 1 aromatic rings. The van der Waals surface area contributed by atoms with Crippen molar-refractivity contribution >= 4 is 0 Å². The van der Waals surface area contributed by atoms with Gasteiger partial charge in [0.15, 0.2) is 0 Å². The van der Waals surface area contributed by atoms with Crippen LogP contribution in [0, 0.1) is 0 Å². The van der Waals surface area contributed by atoms with Crippen LogP contribution >= 0.6 is 0 Å². The minimum absolute atomic E-state index is 0.118. The van der Waals surface area contributed by atoms with E-state index in [2.05, 4.69) is 30.9 Å². The van der Waals surface area contributed by atoms with Crippen LogP contribution in [-0.4, -0.2) is 33.8 Å². The van der Waals surface area contributed by atoms with Crippen LogP contribution in [0.5, 0.6) is 5.75 Å². The van der Waals surface area contributed by atoms with E-state index in [-0.39, 0.29) is 6.10 Å². The van der Waals surface area contributed by atoms with E-state index >= 15 is 0 Å². The maximum absolute atomic E-state index is 9.69. The normalized spacial score (nSPS) is 22.3. The van der Waals surface area contributed by atoms with Crippen LogP contribution in [0.1, 0.15) is 45.1 Å². The standard InChI is InChI=1S/C18H27NO2/c1-14(2)10-11-19(16-6-8-17(20)9-7-16)13-15-4-3-5-18(21)12-15/h3-5,10,12,16-17,20-21H,6-9,11,13H2,1-2H3. The number of hydrogen-bond acceptors (Lipinski definition) is 3. The number of allylic oxidation sites excluding steroid dienone is 1. The zero-order valence-electron chi connectivity index (χ0n) is 13.1. The molecule has 1 aliphatic rings. The van der Waals surface area contributed by atoms with Crippen LogP contribution in [0.4, 0.5) is 0 Å². The van der Waals surface area contributed by atoms with Crippen molar-refractivity contribution in [3.63, 3.8) is 0 Å². The Morgan fingerprint density at radius 3 is 2.57 bits per heavy atom. The number of phenolic OH excluding ortho intramolecular Hbond substituents is 1. The molecule has 1 saturated carbocycles. The molecule has 116 valence electrons. The Hall–Kier alpha value is -1.32.